The van der Waals surface area contributed by atoms with Crippen molar-refractivity contribution >= 4 is 66.2 Å². The molecule has 0 heterocycles. The molecule has 2 N–H and O–H groups in total. The summed E-state index contributed by atoms with van der Waals surface area (Å²) in [6.07, 6.45) is 0. The minimum absolute atomic E-state index is 0.0610. The molecule has 0 spiro atoms. The first kappa shape index (κ1) is 22.7. The van der Waals surface area contributed by atoms with Gasteiger partial charge in [0.2, 0.25) is 10.0 Å². The van der Waals surface area contributed by atoms with E-state index in [0.717, 1.165) is 0 Å². The molecule has 3 aromatic carbocycles. The van der Waals surface area contributed by atoms with Gasteiger partial charge in [-0.25, -0.2) is 16.8 Å². The number of rotatable bonds is 7. The van der Waals surface area contributed by atoms with Gasteiger partial charge in [-0.3, -0.25) is 9.44 Å². The first-order chi connectivity index (χ1) is 14.0. The fraction of sp³-hybridized carbons (Fsp3) is 0.0526. The Kier molecular flexibility index (Phi) is 6.84. The van der Waals surface area contributed by atoms with Crippen molar-refractivity contribution in [2.24, 2.45) is 0 Å². The van der Waals surface area contributed by atoms with Crippen LogP contribution in [-0.2, 0) is 25.8 Å². The van der Waals surface area contributed by atoms with Crippen molar-refractivity contribution in [3.63, 3.8) is 0 Å². The zero-order chi connectivity index (χ0) is 21.9. The van der Waals surface area contributed by atoms with E-state index in [9.17, 15) is 16.8 Å². The maximum absolute atomic E-state index is 12.6. The average molecular weight is 506 g/mol. The van der Waals surface area contributed by atoms with E-state index in [1.165, 1.54) is 42.5 Å². The summed E-state index contributed by atoms with van der Waals surface area (Å²) in [6, 6.07) is 16.1. The van der Waals surface area contributed by atoms with Gasteiger partial charge < -0.3 is 0 Å². The van der Waals surface area contributed by atoms with E-state index in [4.69, 9.17) is 34.8 Å². The molecule has 0 atom stereocenters. The summed E-state index contributed by atoms with van der Waals surface area (Å²) in [7, 11) is -7.62. The SMILES string of the molecule is O=S(=O)(Cc1ccc(Cl)cc1)Nc1ccc(S(=O)(=O)Nc2ccc(Cl)cc2Cl)cc1. The van der Waals surface area contributed by atoms with E-state index in [1.807, 2.05) is 0 Å². The van der Waals surface area contributed by atoms with Gasteiger partial charge in [-0.1, -0.05) is 46.9 Å². The molecule has 0 aliphatic heterocycles. The summed E-state index contributed by atoms with van der Waals surface area (Å²) in [5.41, 5.74) is 0.969. The Labute approximate surface area is 189 Å². The second-order valence-corrected chi connectivity index (χ2v) is 10.9. The first-order valence-corrected chi connectivity index (χ1v) is 12.6. The van der Waals surface area contributed by atoms with Crippen LogP contribution in [0, 0.1) is 0 Å². The number of hydrogen-bond acceptors (Lipinski definition) is 4. The lowest BCUT2D eigenvalue weighted by Gasteiger charge is -2.11. The molecule has 0 amide bonds. The van der Waals surface area contributed by atoms with Gasteiger partial charge in [-0.05, 0) is 60.2 Å². The average Bonchev–Trinajstić information content (AvgIpc) is 2.66. The molecule has 11 heteroatoms. The number of nitrogens with one attached hydrogen (secondary N) is 2. The third-order valence-electron chi connectivity index (χ3n) is 3.88. The highest BCUT2D eigenvalue weighted by Gasteiger charge is 2.17. The molecule has 30 heavy (non-hydrogen) atoms. The topological polar surface area (TPSA) is 92.3 Å². The summed E-state index contributed by atoms with van der Waals surface area (Å²) in [6.45, 7) is 0. The molecule has 0 saturated heterocycles. The van der Waals surface area contributed by atoms with Crippen molar-refractivity contribution < 1.29 is 16.8 Å². The lowest BCUT2D eigenvalue weighted by molar-refractivity contribution is 0.599. The summed E-state index contributed by atoms with van der Waals surface area (Å²) in [5, 5.41) is 1.03. The zero-order valence-electron chi connectivity index (χ0n) is 15.1. The summed E-state index contributed by atoms with van der Waals surface area (Å²) in [5.74, 6) is -0.249. The molecule has 6 nitrogen and oxygen atoms in total. The third kappa shape index (κ3) is 6.02. The van der Waals surface area contributed by atoms with Crippen molar-refractivity contribution in [3.8, 4) is 0 Å². The molecule has 0 aliphatic carbocycles. The monoisotopic (exact) mass is 504 g/mol. The fourth-order valence-corrected chi connectivity index (χ4v) is 5.41. The van der Waals surface area contributed by atoms with E-state index in [0.29, 0.717) is 15.6 Å². The van der Waals surface area contributed by atoms with Crippen LogP contribution in [0.5, 0.6) is 0 Å². The van der Waals surface area contributed by atoms with Gasteiger partial charge in [-0.15, -0.1) is 0 Å². The van der Waals surface area contributed by atoms with Gasteiger partial charge >= 0.3 is 0 Å². The molecule has 0 aliphatic rings. The molecule has 0 saturated carbocycles. The minimum atomic E-state index is -3.93. The molecule has 3 rings (SSSR count). The number of sulfonamides is 2. The summed E-state index contributed by atoms with van der Waals surface area (Å²) >= 11 is 17.6. The predicted molar refractivity (Wildman–Crippen MR) is 121 cm³/mol. The highest BCUT2D eigenvalue weighted by molar-refractivity contribution is 7.92. The minimum Gasteiger partial charge on any atom is -0.283 e. The van der Waals surface area contributed by atoms with Crippen LogP contribution >= 0.6 is 34.8 Å². The highest BCUT2D eigenvalue weighted by Crippen LogP contribution is 2.28. The van der Waals surface area contributed by atoms with Gasteiger partial charge in [0.05, 0.1) is 21.4 Å². The highest BCUT2D eigenvalue weighted by atomic mass is 35.5. The Morgan fingerprint density at radius 2 is 1.30 bits per heavy atom. The maximum Gasteiger partial charge on any atom is 0.261 e. The van der Waals surface area contributed by atoms with Crippen LogP contribution in [0.2, 0.25) is 15.1 Å². The molecule has 0 fully saturated rings. The van der Waals surface area contributed by atoms with Gasteiger partial charge in [-0.2, -0.15) is 0 Å². The second kappa shape index (κ2) is 9.03. The van der Waals surface area contributed by atoms with Crippen LogP contribution < -0.4 is 9.44 Å². The first-order valence-electron chi connectivity index (χ1n) is 8.37. The van der Waals surface area contributed by atoms with Crippen LogP contribution in [0.1, 0.15) is 5.56 Å². The van der Waals surface area contributed by atoms with Crippen molar-refractivity contribution in [3.05, 3.63) is 87.4 Å². The van der Waals surface area contributed by atoms with E-state index < -0.39 is 20.0 Å². The summed E-state index contributed by atoms with van der Waals surface area (Å²) in [4.78, 5) is -0.0610. The molecule has 0 radical (unpaired) electrons. The molecular formula is C19H15Cl3N2O4S2. The second-order valence-electron chi connectivity index (χ2n) is 6.24. The molecule has 0 unspecified atom stereocenters. The molecule has 3 aromatic rings. The standard InChI is InChI=1S/C19H15Cl3N2O4S2/c20-14-3-1-13(2-4-14)12-29(25,26)23-16-6-8-17(9-7-16)30(27,28)24-19-10-5-15(21)11-18(19)22/h1-11,23-24H,12H2. The van der Waals surface area contributed by atoms with Crippen molar-refractivity contribution in [1.29, 1.82) is 0 Å². The Bertz CT molecular complexity index is 1260. The lowest BCUT2D eigenvalue weighted by Crippen LogP contribution is -2.16. The third-order valence-corrected chi connectivity index (χ3v) is 7.32. The summed E-state index contributed by atoms with van der Waals surface area (Å²) < 4.78 is 54.6. The quantitative estimate of drug-likeness (QED) is 0.450. The number of anilines is 2. The Hall–Kier alpha value is -1.97. The Morgan fingerprint density at radius 3 is 1.90 bits per heavy atom. The molecule has 158 valence electrons. The van der Waals surface area contributed by atoms with E-state index in [-0.39, 0.29) is 27.0 Å². The van der Waals surface area contributed by atoms with Crippen LogP contribution in [0.4, 0.5) is 11.4 Å². The van der Waals surface area contributed by atoms with E-state index >= 15 is 0 Å². The fourth-order valence-electron chi connectivity index (χ4n) is 2.49. The van der Waals surface area contributed by atoms with Crippen molar-refractivity contribution in [2.75, 3.05) is 9.44 Å². The maximum atomic E-state index is 12.6. The van der Waals surface area contributed by atoms with Crippen LogP contribution in [0.25, 0.3) is 0 Å². The van der Waals surface area contributed by atoms with Crippen molar-refractivity contribution in [2.45, 2.75) is 10.6 Å². The number of hydrogen-bond donors (Lipinski definition) is 2. The van der Waals surface area contributed by atoms with Gasteiger partial charge in [0.15, 0.2) is 0 Å². The Morgan fingerprint density at radius 1 is 0.700 bits per heavy atom. The van der Waals surface area contributed by atoms with Crippen LogP contribution in [0.3, 0.4) is 0 Å². The zero-order valence-corrected chi connectivity index (χ0v) is 19.0. The number of benzene rings is 3. The lowest BCUT2D eigenvalue weighted by atomic mass is 10.2. The smallest absolute Gasteiger partial charge is 0.261 e. The molecular weight excluding hydrogens is 491 g/mol. The number of halogens is 3. The van der Waals surface area contributed by atoms with Gasteiger partial charge in [0.1, 0.15) is 0 Å². The molecule has 0 bridgehead atoms. The molecule has 0 aromatic heterocycles. The van der Waals surface area contributed by atoms with Gasteiger partial charge in [0.25, 0.3) is 10.0 Å². The Balaban J connectivity index is 1.72. The van der Waals surface area contributed by atoms with Crippen LogP contribution in [-0.4, -0.2) is 16.8 Å². The normalized spacial score (nSPS) is 11.8. The van der Waals surface area contributed by atoms with Crippen LogP contribution in [0.15, 0.2) is 71.6 Å². The largest absolute Gasteiger partial charge is 0.283 e. The van der Waals surface area contributed by atoms with E-state index in [2.05, 4.69) is 9.44 Å². The van der Waals surface area contributed by atoms with Gasteiger partial charge in [0, 0.05) is 15.7 Å². The van der Waals surface area contributed by atoms with Crippen molar-refractivity contribution in [1.82, 2.24) is 0 Å². The van der Waals surface area contributed by atoms with E-state index in [1.54, 1.807) is 24.3 Å². The predicted octanol–water partition coefficient (Wildman–Crippen LogP) is 5.39.